The second-order valence-electron chi connectivity index (χ2n) is 5.54. The van der Waals surface area contributed by atoms with Crippen LogP contribution in [-0.2, 0) is 4.74 Å². The number of halogens is 1. The molecule has 0 saturated carbocycles. The molecule has 0 aliphatic carbocycles. The number of benzene rings is 1. The van der Waals surface area contributed by atoms with Gasteiger partial charge in [0.05, 0.1) is 18.8 Å². The van der Waals surface area contributed by atoms with Gasteiger partial charge in [-0.3, -0.25) is 4.90 Å². The van der Waals surface area contributed by atoms with E-state index in [1.807, 2.05) is 13.0 Å². The van der Waals surface area contributed by atoms with Crippen molar-refractivity contribution in [3.8, 4) is 0 Å². The van der Waals surface area contributed by atoms with Gasteiger partial charge in [0.15, 0.2) is 0 Å². The average Bonchev–Trinajstić information content (AvgIpc) is 2.41. The van der Waals surface area contributed by atoms with Crippen LogP contribution >= 0.6 is 0 Å². The summed E-state index contributed by atoms with van der Waals surface area (Å²) >= 11 is 0. The molecule has 1 fully saturated rings. The zero-order chi connectivity index (χ0) is 14.5. The van der Waals surface area contributed by atoms with E-state index >= 15 is 0 Å². The van der Waals surface area contributed by atoms with E-state index in [1.54, 1.807) is 12.1 Å². The van der Waals surface area contributed by atoms with Crippen molar-refractivity contribution in [3.63, 3.8) is 0 Å². The van der Waals surface area contributed by atoms with E-state index in [9.17, 15) is 4.39 Å². The van der Waals surface area contributed by atoms with E-state index in [0.717, 1.165) is 43.8 Å². The number of hydrogen-bond donors (Lipinski definition) is 1. The Morgan fingerprint density at radius 1 is 1.45 bits per heavy atom. The van der Waals surface area contributed by atoms with Crippen LogP contribution in [0.3, 0.4) is 0 Å². The Morgan fingerprint density at radius 2 is 2.25 bits per heavy atom. The molecular formula is C16H25FN2O. The molecule has 1 aromatic carbocycles. The minimum atomic E-state index is -0.175. The van der Waals surface area contributed by atoms with Gasteiger partial charge in [0.2, 0.25) is 0 Å². The van der Waals surface area contributed by atoms with Crippen molar-refractivity contribution in [2.45, 2.75) is 32.4 Å². The molecule has 0 bridgehead atoms. The lowest BCUT2D eigenvalue weighted by Crippen LogP contribution is -2.47. The zero-order valence-electron chi connectivity index (χ0n) is 12.7. The quantitative estimate of drug-likeness (QED) is 0.839. The summed E-state index contributed by atoms with van der Waals surface area (Å²) in [5.41, 5.74) is 2.16. The van der Waals surface area contributed by atoms with Crippen LogP contribution in [0.25, 0.3) is 0 Å². The maximum atomic E-state index is 13.3. The van der Waals surface area contributed by atoms with Crippen LogP contribution in [0.15, 0.2) is 18.2 Å². The standard InChI is InChI=1S/C16H25FN2O/c1-4-7-18-11-15-16(19(3)8-9-20-15)14-6-5-13(17)10-12(14)2/h5-6,10,15-16,18H,4,7-9,11H2,1-3H3. The lowest BCUT2D eigenvalue weighted by molar-refractivity contribution is -0.0614. The molecule has 0 radical (unpaired) electrons. The van der Waals surface area contributed by atoms with E-state index in [4.69, 9.17) is 4.74 Å². The van der Waals surface area contributed by atoms with Crippen molar-refractivity contribution in [3.05, 3.63) is 35.1 Å². The first kappa shape index (κ1) is 15.4. The summed E-state index contributed by atoms with van der Waals surface area (Å²) in [4.78, 5) is 2.31. The lowest BCUT2D eigenvalue weighted by Gasteiger charge is -2.40. The summed E-state index contributed by atoms with van der Waals surface area (Å²) in [5, 5.41) is 3.43. The maximum Gasteiger partial charge on any atom is 0.123 e. The fourth-order valence-electron chi connectivity index (χ4n) is 2.86. The molecule has 2 rings (SSSR count). The van der Waals surface area contributed by atoms with Crippen molar-refractivity contribution in [1.82, 2.24) is 10.2 Å². The fourth-order valence-corrected chi connectivity index (χ4v) is 2.86. The molecule has 1 N–H and O–H groups in total. The summed E-state index contributed by atoms with van der Waals surface area (Å²) in [6.45, 7) is 7.62. The van der Waals surface area contributed by atoms with Crippen molar-refractivity contribution >= 4 is 0 Å². The van der Waals surface area contributed by atoms with Crippen LogP contribution in [0.5, 0.6) is 0 Å². The number of nitrogens with one attached hydrogen (secondary N) is 1. The molecule has 112 valence electrons. The predicted octanol–water partition coefficient (Wildman–Crippen LogP) is 2.51. The first-order valence-corrected chi connectivity index (χ1v) is 7.42. The van der Waals surface area contributed by atoms with Crippen LogP contribution in [-0.4, -0.2) is 44.3 Å². The van der Waals surface area contributed by atoms with Crippen LogP contribution in [0.2, 0.25) is 0 Å². The number of rotatable bonds is 5. The van der Waals surface area contributed by atoms with Crippen LogP contribution in [0.1, 0.15) is 30.5 Å². The topological polar surface area (TPSA) is 24.5 Å². The molecule has 0 spiro atoms. The summed E-state index contributed by atoms with van der Waals surface area (Å²) in [7, 11) is 2.11. The van der Waals surface area contributed by atoms with E-state index in [1.165, 1.54) is 0 Å². The van der Waals surface area contributed by atoms with Gasteiger partial charge in [0.1, 0.15) is 5.82 Å². The molecule has 4 heteroatoms. The Kier molecular flexibility index (Phi) is 5.52. The van der Waals surface area contributed by atoms with Gasteiger partial charge >= 0.3 is 0 Å². The Hall–Kier alpha value is -0.970. The smallest absolute Gasteiger partial charge is 0.123 e. The van der Waals surface area contributed by atoms with Gasteiger partial charge in [-0.2, -0.15) is 0 Å². The third-order valence-electron chi connectivity index (χ3n) is 3.93. The number of likely N-dealkylation sites (N-methyl/N-ethyl adjacent to an activating group) is 1. The van der Waals surface area contributed by atoms with Crippen molar-refractivity contribution in [1.29, 1.82) is 0 Å². The monoisotopic (exact) mass is 280 g/mol. The van der Waals surface area contributed by atoms with Gasteiger partial charge in [-0.25, -0.2) is 4.39 Å². The van der Waals surface area contributed by atoms with Gasteiger partial charge in [-0.05, 0) is 50.2 Å². The second-order valence-corrected chi connectivity index (χ2v) is 5.54. The number of hydrogen-bond acceptors (Lipinski definition) is 3. The molecule has 1 aliphatic heterocycles. The average molecular weight is 280 g/mol. The number of nitrogens with zero attached hydrogens (tertiary/aromatic N) is 1. The molecule has 1 aliphatic rings. The Balaban J connectivity index is 2.18. The van der Waals surface area contributed by atoms with Crippen molar-refractivity contribution in [2.75, 3.05) is 33.3 Å². The minimum Gasteiger partial charge on any atom is -0.374 e. The molecule has 1 aromatic rings. The van der Waals surface area contributed by atoms with Crippen molar-refractivity contribution < 1.29 is 9.13 Å². The predicted molar refractivity (Wildman–Crippen MR) is 79.4 cm³/mol. The van der Waals surface area contributed by atoms with E-state index in [0.29, 0.717) is 0 Å². The van der Waals surface area contributed by atoms with Crippen LogP contribution in [0.4, 0.5) is 4.39 Å². The molecule has 3 nitrogen and oxygen atoms in total. The van der Waals surface area contributed by atoms with Gasteiger partial charge in [0.25, 0.3) is 0 Å². The van der Waals surface area contributed by atoms with E-state index < -0.39 is 0 Å². The van der Waals surface area contributed by atoms with Crippen LogP contribution < -0.4 is 5.32 Å². The fraction of sp³-hybridized carbons (Fsp3) is 0.625. The first-order chi connectivity index (χ1) is 9.63. The van der Waals surface area contributed by atoms with Gasteiger partial charge in [0, 0.05) is 13.1 Å². The molecule has 2 unspecified atom stereocenters. The zero-order valence-corrected chi connectivity index (χ0v) is 12.7. The first-order valence-electron chi connectivity index (χ1n) is 7.42. The molecule has 0 aromatic heterocycles. The summed E-state index contributed by atoms with van der Waals surface area (Å²) in [5.74, 6) is -0.175. The molecular weight excluding hydrogens is 255 g/mol. The van der Waals surface area contributed by atoms with Crippen LogP contribution in [0, 0.1) is 12.7 Å². The van der Waals surface area contributed by atoms with E-state index in [-0.39, 0.29) is 18.0 Å². The highest BCUT2D eigenvalue weighted by atomic mass is 19.1. The molecule has 0 amide bonds. The summed E-state index contributed by atoms with van der Waals surface area (Å²) in [6, 6.07) is 5.23. The Labute approximate surface area is 121 Å². The lowest BCUT2D eigenvalue weighted by atomic mass is 9.94. The van der Waals surface area contributed by atoms with Crippen molar-refractivity contribution in [2.24, 2.45) is 0 Å². The number of morpholine rings is 1. The summed E-state index contributed by atoms with van der Waals surface area (Å²) < 4.78 is 19.2. The van der Waals surface area contributed by atoms with Gasteiger partial charge in [-0.1, -0.05) is 13.0 Å². The molecule has 2 atom stereocenters. The largest absolute Gasteiger partial charge is 0.374 e. The number of ether oxygens (including phenoxy) is 1. The van der Waals surface area contributed by atoms with Gasteiger partial charge < -0.3 is 10.1 Å². The Bertz CT molecular complexity index is 438. The highest BCUT2D eigenvalue weighted by Crippen LogP contribution is 2.30. The number of aryl methyl sites for hydroxylation is 1. The highest BCUT2D eigenvalue weighted by Gasteiger charge is 2.32. The van der Waals surface area contributed by atoms with Gasteiger partial charge in [-0.15, -0.1) is 0 Å². The SMILES string of the molecule is CCCNCC1OCCN(C)C1c1ccc(F)cc1C. The highest BCUT2D eigenvalue weighted by molar-refractivity contribution is 5.31. The molecule has 20 heavy (non-hydrogen) atoms. The third-order valence-corrected chi connectivity index (χ3v) is 3.93. The van der Waals surface area contributed by atoms with E-state index in [2.05, 4.69) is 24.2 Å². The molecule has 1 heterocycles. The second kappa shape index (κ2) is 7.16. The normalized spacial score (nSPS) is 24.0. The maximum absolute atomic E-state index is 13.3. The Morgan fingerprint density at radius 3 is 2.95 bits per heavy atom. The minimum absolute atomic E-state index is 0.115. The molecule has 1 saturated heterocycles. The third kappa shape index (κ3) is 3.57. The summed E-state index contributed by atoms with van der Waals surface area (Å²) in [6.07, 6.45) is 1.23.